The standard InChI is InChI=1S/C31H32N6O4S/c1-20(18-38)37-27-30(41)35(19-36-23-12-6-5-11-22(23)32-33-36)16-8-14-31(27)26(29(37)40)25-24(42-31)13-7-15-34(28(25)39)17-21-9-3-2-4-10-21/h2-14,20,24-27,38H,15-19H2,1H3/t20-,24-,25+,26+,27?,31+/m1/s1. The van der Waals surface area contributed by atoms with E-state index in [4.69, 9.17) is 0 Å². The monoisotopic (exact) mass is 584 g/mol. The van der Waals surface area contributed by atoms with Crippen LogP contribution in [0.5, 0.6) is 0 Å². The molecule has 42 heavy (non-hydrogen) atoms. The molecule has 3 amide bonds. The molecule has 2 fully saturated rings. The molecular formula is C31H32N6O4S. The Kier molecular flexibility index (Phi) is 6.66. The maximum atomic E-state index is 14.5. The maximum Gasteiger partial charge on any atom is 0.248 e. The van der Waals surface area contributed by atoms with Crippen molar-refractivity contribution in [1.29, 1.82) is 0 Å². The average Bonchev–Trinajstić information content (AvgIpc) is 3.57. The molecule has 2 saturated heterocycles. The summed E-state index contributed by atoms with van der Waals surface area (Å²) in [5, 5.41) is 18.5. The number of carbonyl (C=O) groups excluding carboxylic acids is 3. The van der Waals surface area contributed by atoms with E-state index >= 15 is 0 Å². The molecule has 1 spiro atoms. The quantitative estimate of drug-likeness (QED) is 0.442. The number of fused-ring (bicyclic) bond motifs is 3. The summed E-state index contributed by atoms with van der Waals surface area (Å²) in [5.74, 6) is -1.91. The highest BCUT2D eigenvalue weighted by atomic mass is 32.2. The van der Waals surface area contributed by atoms with Gasteiger partial charge in [-0.05, 0) is 24.6 Å². The number of likely N-dealkylation sites (tertiary alicyclic amines) is 1. The summed E-state index contributed by atoms with van der Waals surface area (Å²) in [7, 11) is 0. The summed E-state index contributed by atoms with van der Waals surface area (Å²) in [6.45, 7) is 2.86. The van der Waals surface area contributed by atoms with Crippen molar-refractivity contribution < 1.29 is 19.5 Å². The molecule has 1 N–H and O–H groups in total. The lowest BCUT2D eigenvalue weighted by Gasteiger charge is -2.37. The first kappa shape index (κ1) is 26.9. The van der Waals surface area contributed by atoms with Crippen LogP contribution in [0.3, 0.4) is 0 Å². The van der Waals surface area contributed by atoms with Crippen LogP contribution in [-0.2, 0) is 27.6 Å². The van der Waals surface area contributed by atoms with E-state index in [1.54, 1.807) is 26.3 Å². The minimum Gasteiger partial charge on any atom is -0.394 e. The van der Waals surface area contributed by atoms with Crippen LogP contribution < -0.4 is 0 Å². The average molecular weight is 585 g/mol. The van der Waals surface area contributed by atoms with E-state index in [1.165, 1.54) is 11.8 Å². The van der Waals surface area contributed by atoms with Crippen LogP contribution in [0.2, 0.25) is 0 Å². The summed E-state index contributed by atoms with van der Waals surface area (Å²) < 4.78 is 0.745. The molecule has 0 bridgehead atoms. The first-order valence-corrected chi connectivity index (χ1v) is 15.2. The van der Waals surface area contributed by atoms with E-state index in [0.717, 1.165) is 16.6 Å². The Morgan fingerprint density at radius 3 is 2.55 bits per heavy atom. The molecule has 216 valence electrons. The minimum atomic E-state index is -0.943. The first-order valence-electron chi connectivity index (χ1n) is 14.3. The Hall–Kier alpha value is -3.96. The zero-order valence-electron chi connectivity index (χ0n) is 23.2. The number of benzene rings is 2. The Bertz CT molecular complexity index is 1610. The topological polar surface area (TPSA) is 112 Å². The van der Waals surface area contributed by atoms with Crippen molar-refractivity contribution in [2.24, 2.45) is 11.8 Å². The van der Waals surface area contributed by atoms with Crippen LogP contribution in [0.15, 0.2) is 78.9 Å². The van der Waals surface area contributed by atoms with E-state index in [0.29, 0.717) is 19.6 Å². The predicted molar refractivity (Wildman–Crippen MR) is 158 cm³/mol. The summed E-state index contributed by atoms with van der Waals surface area (Å²) in [6.07, 6.45) is 7.98. The van der Waals surface area contributed by atoms with Crippen LogP contribution in [0.25, 0.3) is 11.0 Å². The van der Waals surface area contributed by atoms with Gasteiger partial charge in [0, 0.05) is 24.9 Å². The molecule has 4 aliphatic heterocycles. The highest BCUT2D eigenvalue weighted by molar-refractivity contribution is 8.02. The van der Waals surface area contributed by atoms with Gasteiger partial charge in [-0.2, -0.15) is 0 Å². The molecule has 1 aromatic heterocycles. The molecular weight excluding hydrogens is 552 g/mol. The number of aromatic nitrogens is 3. The molecule has 7 rings (SSSR count). The molecule has 10 nitrogen and oxygen atoms in total. The first-order chi connectivity index (χ1) is 20.4. The summed E-state index contributed by atoms with van der Waals surface area (Å²) in [5.41, 5.74) is 2.56. The predicted octanol–water partition coefficient (Wildman–Crippen LogP) is 2.06. The highest BCUT2D eigenvalue weighted by Gasteiger charge is 2.71. The van der Waals surface area contributed by atoms with E-state index in [2.05, 4.69) is 10.3 Å². The number of nitrogens with zero attached hydrogens (tertiary/aromatic N) is 6. The normalized spacial score (nSPS) is 29.5. The van der Waals surface area contributed by atoms with E-state index in [-0.39, 0.29) is 36.2 Å². The van der Waals surface area contributed by atoms with Gasteiger partial charge >= 0.3 is 0 Å². The molecule has 3 aromatic rings. The maximum absolute atomic E-state index is 14.5. The third-order valence-electron chi connectivity index (χ3n) is 8.94. The number of thioether (sulfide) groups is 1. The molecule has 0 saturated carbocycles. The minimum absolute atomic E-state index is 0.0788. The lowest BCUT2D eigenvalue weighted by Crippen LogP contribution is -2.56. The number of rotatable bonds is 6. The zero-order valence-corrected chi connectivity index (χ0v) is 24.0. The summed E-state index contributed by atoms with van der Waals surface area (Å²) >= 11 is 1.54. The van der Waals surface area contributed by atoms with Gasteiger partial charge in [-0.25, -0.2) is 4.68 Å². The van der Waals surface area contributed by atoms with Gasteiger partial charge in [0.15, 0.2) is 0 Å². The molecule has 11 heteroatoms. The molecule has 0 radical (unpaired) electrons. The third kappa shape index (κ3) is 4.09. The lowest BCUT2D eigenvalue weighted by atomic mass is 9.78. The number of para-hydroxylation sites is 1. The molecule has 2 aromatic carbocycles. The van der Waals surface area contributed by atoms with Gasteiger partial charge < -0.3 is 19.8 Å². The fourth-order valence-corrected chi connectivity index (χ4v) is 8.99. The third-order valence-corrected chi connectivity index (χ3v) is 10.7. The Morgan fingerprint density at radius 2 is 1.74 bits per heavy atom. The number of aliphatic hydroxyl groups excluding tert-OH is 1. The fourth-order valence-electron chi connectivity index (χ4n) is 6.99. The van der Waals surface area contributed by atoms with E-state index in [1.807, 2.05) is 78.9 Å². The summed E-state index contributed by atoms with van der Waals surface area (Å²) in [4.78, 5) is 48.1. The van der Waals surface area contributed by atoms with Gasteiger partial charge in [-0.3, -0.25) is 14.4 Å². The van der Waals surface area contributed by atoms with Crippen molar-refractivity contribution in [2.75, 3.05) is 19.7 Å². The molecule has 1 unspecified atom stereocenters. The lowest BCUT2D eigenvalue weighted by molar-refractivity contribution is -0.147. The van der Waals surface area contributed by atoms with Crippen LogP contribution in [0.4, 0.5) is 0 Å². The van der Waals surface area contributed by atoms with Crippen molar-refractivity contribution in [3.63, 3.8) is 0 Å². The number of amides is 3. The van der Waals surface area contributed by atoms with Crippen molar-refractivity contribution in [3.05, 3.63) is 84.5 Å². The van der Waals surface area contributed by atoms with Crippen LogP contribution >= 0.6 is 11.8 Å². The van der Waals surface area contributed by atoms with Gasteiger partial charge in [0.25, 0.3) is 0 Å². The zero-order chi connectivity index (χ0) is 29.0. The molecule has 4 aliphatic rings. The van der Waals surface area contributed by atoms with Crippen LogP contribution in [0.1, 0.15) is 12.5 Å². The molecule has 5 heterocycles. The smallest absolute Gasteiger partial charge is 0.248 e. The van der Waals surface area contributed by atoms with Crippen molar-refractivity contribution in [3.8, 4) is 0 Å². The van der Waals surface area contributed by atoms with Gasteiger partial charge in [-0.1, -0.05) is 72.0 Å². The largest absolute Gasteiger partial charge is 0.394 e. The SMILES string of the molecule is C[C@H](CO)N1C(=O)[C@@H]2[C@H]3C(=O)N(Cc4ccccc4)CC=C[C@H]3S[C@@]23C=CCN(Cn2nnc4ccccc42)C(=O)C13. The van der Waals surface area contributed by atoms with Crippen LogP contribution in [-0.4, -0.2) is 94.3 Å². The Balaban J connectivity index is 1.26. The second-order valence-corrected chi connectivity index (χ2v) is 12.9. The van der Waals surface area contributed by atoms with Gasteiger partial charge in [0.2, 0.25) is 17.7 Å². The Morgan fingerprint density at radius 1 is 0.976 bits per heavy atom. The fraction of sp³-hybridized carbons (Fsp3) is 0.387. The highest BCUT2D eigenvalue weighted by Crippen LogP contribution is 2.61. The number of aliphatic hydroxyl groups is 1. The molecule has 6 atom stereocenters. The second-order valence-electron chi connectivity index (χ2n) is 11.4. The van der Waals surface area contributed by atoms with Gasteiger partial charge in [0.1, 0.15) is 18.2 Å². The number of carbonyl (C=O) groups is 3. The molecule has 0 aliphatic carbocycles. The van der Waals surface area contributed by atoms with Crippen molar-refractivity contribution >= 4 is 40.5 Å². The van der Waals surface area contributed by atoms with Gasteiger partial charge in [0.05, 0.1) is 34.7 Å². The van der Waals surface area contributed by atoms with Gasteiger partial charge in [-0.15, -0.1) is 16.9 Å². The second kappa shape index (κ2) is 10.4. The number of hydrogen-bond acceptors (Lipinski definition) is 7. The van der Waals surface area contributed by atoms with Crippen LogP contribution in [0, 0.1) is 11.8 Å². The van der Waals surface area contributed by atoms with E-state index < -0.39 is 28.7 Å². The summed E-state index contributed by atoms with van der Waals surface area (Å²) in [6, 6.07) is 15.9. The van der Waals surface area contributed by atoms with Crippen molar-refractivity contribution in [1.82, 2.24) is 29.7 Å². The van der Waals surface area contributed by atoms with E-state index in [9.17, 15) is 19.5 Å². The Labute approximate surface area is 247 Å². The van der Waals surface area contributed by atoms with Crippen molar-refractivity contribution in [2.45, 2.75) is 42.2 Å². The number of hydrogen-bond donors (Lipinski definition) is 1.